The summed E-state index contributed by atoms with van der Waals surface area (Å²) in [4.78, 5) is 30.4. The number of aryl methyl sites for hydroxylation is 1. The van der Waals surface area contributed by atoms with Crippen LogP contribution in [0, 0.1) is 6.92 Å². The van der Waals surface area contributed by atoms with E-state index >= 15 is 0 Å². The third-order valence-electron chi connectivity index (χ3n) is 5.13. The van der Waals surface area contributed by atoms with Crippen LogP contribution in [-0.4, -0.2) is 38.7 Å². The fourth-order valence-electron chi connectivity index (χ4n) is 3.49. The van der Waals surface area contributed by atoms with E-state index in [1.165, 1.54) is 36.2 Å². The first-order valence-electron chi connectivity index (χ1n) is 10.1. The Labute approximate surface area is 174 Å². The second-order valence-electron chi connectivity index (χ2n) is 7.45. The Morgan fingerprint density at radius 1 is 1.03 bits per heavy atom. The summed E-state index contributed by atoms with van der Waals surface area (Å²) in [6, 6.07) is 12.8. The Balaban J connectivity index is 1.38. The summed E-state index contributed by atoms with van der Waals surface area (Å²) in [5, 5.41) is 11.5. The molecule has 0 radical (unpaired) electrons. The van der Waals surface area contributed by atoms with Gasteiger partial charge in [0.1, 0.15) is 6.54 Å². The monoisotopic (exact) mass is 404 g/mol. The summed E-state index contributed by atoms with van der Waals surface area (Å²) in [6.07, 6.45) is 5.06. The van der Waals surface area contributed by atoms with Gasteiger partial charge in [-0.1, -0.05) is 12.1 Å². The van der Waals surface area contributed by atoms with E-state index in [1.54, 1.807) is 6.92 Å². The Morgan fingerprint density at radius 3 is 2.47 bits per heavy atom. The lowest BCUT2D eigenvalue weighted by Gasteiger charge is -2.27. The van der Waals surface area contributed by atoms with Gasteiger partial charge in [0, 0.05) is 36.1 Å². The van der Waals surface area contributed by atoms with Gasteiger partial charge in [-0.15, -0.1) is 10.2 Å². The zero-order valence-electron chi connectivity index (χ0n) is 16.9. The van der Waals surface area contributed by atoms with Crippen molar-refractivity contribution in [3.63, 3.8) is 0 Å². The van der Waals surface area contributed by atoms with Gasteiger partial charge in [-0.3, -0.25) is 14.2 Å². The molecule has 3 heterocycles. The number of anilines is 2. The van der Waals surface area contributed by atoms with E-state index in [-0.39, 0.29) is 18.0 Å². The number of hydrogen-bond acceptors (Lipinski definition) is 6. The average Bonchev–Trinajstić information content (AvgIpc) is 2.77. The van der Waals surface area contributed by atoms with E-state index in [0.717, 1.165) is 30.2 Å². The van der Waals surface area contributed by atoms with Crippen LogP contribution >= 0.6 is 0 Å². The highest BCUT2D eigenvalue weighted by molar-refractivity contribution is 5.90. The van der Waals surface area contributed by atoms with Gasteiger partial charge in [-0.25, -0.2) is 4.98 Å². The summed E-state index contributed by atoms with van der Waals surface area (Å²) in [7, 11) is 0. The molecular formula is C22H24N6O2. The summed E-state index contributed by atoms with van der Waals surface area (Å²) in [6.45, 7) is 3.72. The fraction of sp³-hybridized carbons (Fsp3) is 0.318. The van der Waals surface area contributed by atoms with Crippen molar-refractivity contribution < 1.29 is 4.79 Å². The Bertz CT molecular complexity index is 1070. The second-order valence-corrected chi connectivity index (χ2v) is 7.45. The molecule has 0 atom stereocenters. The van der Waals surface area contributed by atoms with Crippen LogP contribution in [0.1, 0.15) is 25.0 Å². The van der Waals surface area contributed by atoms with Crippen molar-refractivity contribution in [2.45, 2.75) is 32.7 Å². The number of nitrogens with zero attached hydrogens (tertiary/aromatic N) is 5. The van der Waals surface area contributed by atoms with Gasteiger partial charge in [-0.05, 0) is 50.5 Å². The lowest BCUT2D eigenvalue weighted by Crippen LogP contribution is -2.30. The number of aromatic nitrogens is 4. The molecule has 0 unspecified atom stereocenters. The SMILES string of the molecule is Cc1cc(=O)n(CC(=O)Nc2ccc(-c3ccc(N4CCCCC4)nn3)cc2)cn1. The maximum absolute atomic E-state index is 12.2. The highest BCUT2D eigenvalue weighted by Crippen LogP contribution is 2.22. The van der Waals surface area contributed by atoms with Crippen molar-refractivity contribution in [3.05, 3.63) is 64.8 Å². The molecule has 8 heteroatoms. The molecule has 4 rings (SSSR count). The van der Waals surface area contributed by atoms with Gasteiger partial charge in [-0.2, -0.15) is 0 Å². The van der Waals surface area contributed by atoms with Crippen molar-refractivity contribution in [2.75, 3.05) is 23.3 Å². The zero-order valence-corrected chi connectivity index (χ0v) is 16.9. The first-order valence-corrected chi connectivity index (χ1v) is 10.1. The molecule has 3 aromatic rings. The number of rotatable bonds is 5. The van der Waals surface area contributed by atoms with Crippen molar-refractivity contribution in [1.29, 1.82) is 0 Å². The van der Waals surface area contributed by atoms with Crippen LogP contribution in [0.25, 0.3) is 11.3 Å². The molecule has 1 aliphatic rings. The molecule has 0 aliphatic carbocycles. The number of carbonyl (C=O) groups is 1. The fourth-order valence-corrected chi connectivity index (χ4v) is 3.49. The minimum atomic E-state index is -0.291. The third kappa shape index (κ3) is 4.71. The molecule has 1 N–H and O–H groups in total. The van der Waals surface area contributed by atoms with Crippen molar-refractivity contribution in [1.82, 2.24) is 19.7 Å². The number of nitrogens with one attached hydrogen (secondary N) is 1. The molecule has 0 saturated carbocycles. The lowest BCUT2D eigenvalue weighted by molar-refractivity contribution is -0.116. The van der Waals surface area contributed by atoms with E-state index in [2.05, 4.69) is 25.4 Å². The smallest absolute Gasteiger partial charge is 0.253 e. The number of piperidine rings is 1. The van der Waals surface area contributed by atoms with E-state index in [9.17, 15) is 9.59 Å². The van der Waals surface area contributed by atoms with Crippen LogP contribution < -0.4 is 15.8 Å². The molecule has 1 amide bonds. The van der Waals surface area contributed by atoms with Crippen molar-refractivity contribution in [2.24, 2.45) is 0 Å². The number of amides is 1. The molecule has 2 aromatic heterocycles. The van der Waals surface area contributed by atoms with Crippen LogP contribution in [0.15, 0.2) is 53.6 Å². The normalized spacial score (nSPS) is 13.8. The van der Waals surface area contributed by atoms with Crippen molar-refractivity contribution in [3.8, 4) is 11.3 Å². The largest absolute Gasteiger partial charge is 0.355 e. The Hall–Kier alpha value is -3.55. The molecule has 1 aromatic carbocycles. The van der Waals surface area contributed by atoms with Gasteiger partial charge >= 0.3 is 0 Å². The quantitative estimate of drug-likeness (QED) is 0.703. The van der Waals surface area contributed by atoms with Crippen LogP contribution in [0.4, 0.5) is 11.5 Å². The maximum Gasteiger partial charge on any atom is 0.253 e. The third-order valence-corrected chi connectivity index (χ3v) is 5.13. The van der Waals surface area contributed by atoms with E-state index in [4.69, 9.17) is 0 Å². The van der Waals surface area contributed by atoms with Crippen LogP contribution in [0.5, 0.6) is 0 Å². The zero-order chi connectivity index (χ0) is 20.9. The van der Waals surface area contributed by atoms with Gasteiger partial charge < -0.3 is 10.2 Å². The number of carbonyl (C=O) groups excluding carboxylic acids is 1. The van der Waals surface area contributed by atoms with Crippen molar-refractivity contribution >= 4 is 17.4 Å². The number of hydrogen-bond donors (Lipinski definition) is 1. The highest BCUT2D eigenvalue weighted by Gasteiger charge is 2.13. The average molecular weight is 404 g/mol. The topological polar surface area (TPSA) is 93.0 Å². The standard InChI is InChI=1S/C22H24N6O2/c1-16-13-22(30)28(15-23-16)14-21(29)24-18-7-5-17(6-8-18)19-9-10-20(26-25-19)27-11-3-2-4-12-27/h5-10,13,15H,2-4,11-12,14H2,1H3,(H,24,29). The first-order chi connectivity index (χ1) is 14.6. The van der Waals surface area contributed by atoms with E-state index in [0.29, 0.717) is 11.4 Å². The molecule has 0 spiro atoms. The van der Waals surface area contributed by atoms with Gasteiger partial charge in [0.05, 0.1) is 12.0 Å². The summed E-state index contributed by atoms with van der Waals surface area (Å²) >= 11 is 0. The van der Waals surface area contributed by atoms with Crippen LogP contribution in [0.3, 0.4) is 0 Å². The van der Waals surface area contributed by atoms with Gasteiger partial charge in [0.15, 0.2) is 5.82 Å². The Kier molecular flexibility index (Phi) is 5.83. The predicted octanol–water partition coefficient (Wildman–Crippen LogP) is 2.64. The number of benzene rings is 1. The summed E-state index contributed by atoms with van der Waals surface area (Å²) in [5.74, 6) is 0.629. The molecule has 1 fully saturated rings. The predicted molar refractivity (Wildman–Crippen MR) is 115 cm³/mol. The highest BCUT2D eigenvalue weighted by atomic mass is 16.2. The molecule has 1 aliphatic heterocycles. The molecule has 8 nitrogen and oxygen atoms in total. The Morgan fingerprint density at radius 2 is 1.80 bits per heavy atom. The molecule has 154 valence electrons. The second kappa shape index (κ2) is 8.86. The minimum absolute atomic E-state index is 0.0860. The first kappa shape index (κ1) is 19.8. The maximum atomic E-state index is 12.2. The molecular weight excluding hydrogens is 380 g/mol. The molecule has 1 saturated heterocycles. The van der Waals surface area contributed by atoms with Crippen LogP contribution in [-0.2, 0) is 11.3 Å². The van der Waals surface area contributed by atoms with E-state index in [1.807, 2.05) is 36.4 Å². The molecule has 0 bridgehead atoms. The van der Waals surface area contributed by atoms with E-state index < -0.39 is 0 Å². The van der Waals surface area contributed by atoms with Gasteiger partial charge in [0.2, 0.25) is 5.91 Å². The summed E-state index contributed by atoms with van der Waals surface area (Å²) in [5.41, 5.74) is 2.73. The van der Waals surface area contributed by atoms with Crippen LogP contribution in [0.2, 0.25) is 0 Å². The lowest BCUT2D eigenvalue weighted by atomic mass is 10.1. The minimum Gasteiger partial charge on any atom is -0.355 e. The summed E-state index contributed by atoms with van der Waals surface area (Å²) < 4.78 is 1.27. The van der Waals surface area contributed by atoms with Gasteiger partial charge in [0.25, 0.3) is 5.56 Å². The molecule has 30 heavy (non-hydrogen) atoms.